The van der Waals surface area contributed by atoms with Gasteiger partial charge in [0.1, 0.15) is 0 Å². The van der Waals surface area contributed by atoms with Crippen LogP contribution in [-0.4, -0.2) is 84.1 Å². The van der Waals surface area contributed by atoms with Crippen LogP contribution in [0.2, 0.25) is 80.4 Å². The molecule has 754 valence electrons. The number of alkyl halides is 6. The Kier molecular flexibility index (Phi) is 50.1. The summed E-state index contributed by atoms with van der Waals surface area (Å²) in [5.41, 5.74) is 2.88. The summed E-state index contributed by atoms with van der Waals surface area (Å²) in [6.07, 6.45) is 0.524. The molecule has 0 atom stereocenters. The Morgan fingerprint density at radius 1 is 0.275 bits per heavy atom. The molecule has 0 saturated heterocycles. The maximum atomic E-state index is 12.9. The van der Waals surface area contributed by atoms with E-state index in [1.807, 2.05) is 30.3 Å². The van der Waals surface area contributed by atoms with Crippen molar-refractivity contribution in [1.29, 1.82) is 0 Å². The molecule has 0 aliphatic heterocycles. The molecule has 21 nitrogen and oxygen atoms in total. The van der Waals surface area contributed by atoms with Gasteiger partial charge in [-0.1, -0.05) is 261 Å². The lowest BCUT2D eigenvalue weighted by Gasteiger charge is -2.24. The van der Waals surface area contributed by atoms with Crippen molar-refractivity contribution >= 4 is 375 Å². The molecule has 1 fully saturated rings. The highest BCUT2D eigenvalue weighted by molar-refractivity contribution is 7.82. The van der Waals surface area contributed by atoms with Crippen molar-refractivity contribution in [3.8, 4) is 40.2 Å². The highest BCUT2D eigenvalue weighted by Gasteiger charge is 2.34. The van der Waals surface area contributed by atoms with Crippen LogP contribution in [-0.2, 0) is 12.4 Å². The Balaban J connectivity index is 0.000000225. The van der Waals surface area contributed by atoms with Gasteiger partial charge in [-0.25, -0.2) is 0 Å². The molecule has 0 unspecified atom stereocenters. The minimum Gasteiger partial charge on any atom is -0.504 e. The predicted octanol–water partition coefficient (Wildman–Crippen LogP) is 34.4. The summed E-state index contributed by atoms with van der Waals surface area (Å²) < 4.78 is 76.2. The minimum absolute atomic E-state index is 0.0153. The fourth-order valence-electron chi connectivity index (χ4n) is 11.6. The first-order valence-corrected chi connectivity index (χ1v) is 49.5. The van der Waals surface area contributed by atoms with Gasteiger partial charge in [-0.15, -0.1) is 0 Å². The SMILES string of the molecule is CCCCCNC(=S)Nc1cccc(Cl)c1O.Oc1c(Cl)cc(Cl)cc1NC(=S)NC1CCCCC1.Oc1c(Cl)cc(Cl)cc1NC(=S)Nc1cc(Cl)cc(Cl)c1.Oc1c(Cl)cc(Cl)cc1NC(=S)Nc1ccc(C(F)(F)F)cc1.Oc1c(Cl)cc(Cl)cc1NC(=S)Nc1ccc(Cl)cc1.Oc1c(Cl)cc(Cl)cc1NC(=S)Nc1ccccc1.Oc1c(Cl)cc(Cl)cc1NC(=S)Nc1ccccc1C(F)(F)F. The molecule has 1 aliphatic rings. The van der Waals surface area contributed by atoms with Gasteiger partial charge in [0.25, 0.3) is 0 Å². The molecule has 0 radical (unpaired) electrons. The van der Waals surface area contributed by atoms with Crippen molar-refractivity contribution in [2.45, 2.75) is 76.7 Å². The zero-order valence-corrected chi connectivity index (χ0v) is 90.3. The van der Waals surface area contributed by atoms with E-state index in [-0.39, 0.29) is 119 Å². The lowest BCUT2D eigenvalue weighted by Crippen LogP contribution is -2.38. The number of halogens is 22. The topological polar surface area (TPSA) is 310 Å². The van der Waals surface area contributed by atoms with Crippen LogP contribution in [0.4, 0.5) is 94.6 Å². The van der Waals surface area contributed by atoms with Crippen LogP contribution in [0.3, 0.4) is 0 Å². The van der Waals surface area contributed by atoms with Gasteiger partial charge in [0.05, 0.1) is 91.8 Å². The van der Waals surface area contributed by atoms with Gasteiger partial charge in [-0.2, -0.15) is 26.3 Å². The highest BCUT2D eigenvalue weighted by atomic mass is 35.5. The zero-order valence-electron chi connectivity index (χ0n) is 72.5. The average Bonchev–Trinajstić information content (AvgIpc) is 0.817. The second kappa shape index (κ2) is 59.2. The number of thiocarbonyl (C=S) groups is 7. The summed E-state index contributed by atoms with van der Waals surface area (Å²) in [6.45, 7) is 2.99. The number of para-hydroxylation sites is 3. The Morgan fingerprint density at radius 3 is 0.944 bits per heavy atom. The fraction of sp³-hybridized carbons (Fsp3) is 0.141. The first-order chi connectivity index (χ1) is 66.9. The molecular weight excluding hydrogens is 2320 g/mol. The normalized spacial score (nSPS) is 11.3. The third-order valence-corrected chi connectivity index (χ3v) is 23.6. The quantitative estimate of drug-likeness (QED) is 0.0174. The smallest absolute Gasteiger partial charge is 0.418 e. The molecule has 0 heterocycles. The third-order valence-electron chi connectivity index (χ3n) is 18.1. The number of hydrogen-bond acceptors (Lipinski definition) is 14. The van der Waals surface area contributed by atoms with Crippen LogP contribution in [0.1, 0.15) is 69.4 Å². The van der Waals surface area contributed by atoms with E-state index in [0.717, 1.165) is 55.4 Å². The fourth-order valence-corrected chi connectivity index (χ4v) is 17.0. The molecule has 12 aromatic carbocycles. The first kappa shape index (κ1) is 120. The Labute approximate surface area is 929 Å². The number of benzene rings is 12. The molecule has 1 saturated carbocycles. The maximum Gasteiger partial charge on any atom is 0.418 e. The Morgan fingerprint density at radius 2 is 0.577 bits per heavy atom. The van der Waals surface area contributed by atoms with Gasteiger partial charge < -0.3 is 110 Å². The summed E-state index contributed by atoms with van der Waals surface area (Å²) in [7, 11) is 0. The van der Waals surface area contributed by atoms with E-state index < -0.39 is 23.5 Å². The number of aromatic hydroxyl groups is 7. The van der Waals surface area contributed by atoms with E-state index in [4.69, 9.17) is 271 Å². The molecule has 0 bridgehead atoms. The standard InChI is InChI=1S/2C14H9Cl2F3N2OS.C13H8Cl4N2OS.C13H9Cl3N2OS.C13H16Cl2N2OS.C13H10Cl2N2OS.C12H17ClN2OS/c15-8-5-10(16)12(22)11(6-8)21-13(23)20-9-3-1-7(2-4-9)14(17,18)19;15-7-5-9(16)12(22)11(6-7)21-13(23)20-10-4-2-1-3-8(10)14(17,18)19;14-6-1-7(15)3-9(2-6)18-13(21)19-11-5-8(16)4-10(17)12(11)20;14-7-1-3-9(4-2-7)17-13(20)18-11-6-8(15)5-10(16)12(11)19;2*14-8-6-10(15)12(18)11(7-8)17-13(19)16-9-4-2-1-3-5-9;1-2-3-4-8-14-12(17)15-10-7-5-6-9(13)11(10)16/h2*1-6,22H,(H2,20,21,23);1-5,20H,(H2,18,19,21);1-6,19H,(H2,17,18,20);6-7,9,18H,1-5H2,(H2,16,17,19);1-7,18H,(H2,16,17,19);5-7,16H,2-4,8H2,1H3,(H2,14,15,17). The van der Waals surface area contributed by atoms with E-state index in [0.29, 0.717) is 101 Å². The number of hydrogen-bond donors (Lipinski definition) is 21. The number of phenolic OH excluding ortho intramolecular Hbond substituents is 7. The highest BCUT2D eigenvalue weighted by Crippen LogP contribution is 2.43. The van der Waals surface area contributed by atoms with Gasteiger partial charge in [0.15, 0.2) is 76.0 Å². The van der Waals surface area contributed by atoms with Gasteiger partial charge in [-0.05, 0) is 281 Å². The largest absolute Gasteiger partial charge is 0.504 e. The van der Waals surface area contributed by atoms with Crippen molar-refractivity contribution in [3.63, 3.8) is 0 Å². The number of anilines is 12. The molecule has 13 rings (SSSR count). The summed E-state index contributed by atoms with van der Waals surface area (Å²) in [5, 5.41) is 115. The average molecular weight is 2400 g/mol. The van der Waals surface area contributed by atoms with Crippen molar-refractivity contribution in [1.82, 2.24) is 10.6 Å². The number of rotatable bonds is 17. The van der Waals surface area contributed by atoms with E-state index in [1.165, 1.54) is 123 Å². The Bertz CT molecular complexity index is 6420. The molecule has 1 aliphatic carbocycles. The summed E-state index contributed by atoms with van der Waals surface area (Å²) in [5.74, 6) is -0.934. The Hall–Kier alpha value is -8.71. The molecule has 12 aromatic rings. The van der Waals surface area contributed by atoms with Crippen LogP contribution in [0.25, 0.3) is 0 Å². The molecule has 0 amide bonds. The molecular formula is C92H78Cl16F6N14O7S7. The van der Waals surface area contributed by atoms with Crippen LogP contribution < -0.4 is 74.4 Å². The third kappa shape index (κ3) is 42.0. The second-order valence-corrected chi connectivity index (χ2v) is 38.5. The minimum atomic E-state index is -4.53. The summed E-state index contributed by atoms with van der Waals surface area (Å²) >= 11 is 129. The summed E-state index contributed by atoms with van der Waals surface area (Å²) in [4.78, 5) is 0. The van der Waals surface area contributed by atoms with E-state index in [2.05, 4.69) is 81.4 Å². The predicted molar refractivity (Wildman–Crippen MR) is 608 cm³/mol. The number of nitrogens with one attached hydrogen (secondary N) is 14. The number of unbranched alkanes of at least 4 members (excludes halogenated alkanes) is 2. The summed E-state index contributed by atoms with van der Waals surface area (Å²) in [6, 6.07) is 53.5. The lowest BCUT2D eigenvalue weighted by atomic mass is 9.96. The van der Waals surface area contributed by atoms with Gasteiger partial charge in [-0.3, -0.25) is 0 Å². The lowest BCUT2D eigenvalue weighted by molar-refractivity contribution is -0.138. The van der Waals surface area contributed by atoms with Crippen molar-refractivity contribution < 1.29 is 62.1 Å². The van der Waals surface area contributed by atoms with Crippen molar-refractivity contribution in [3.05, 3.63) is 304 Å². The number of phenols is 7. The molecule has 21 N–H and O–H groups in total. The van der Waals surface area contributed by atoms with E-state index >= 15 is 0 Å². The first-order valence-electron chi connectivity index (χ1n) is 40.6. The molecule has 0 aromatic heterocycles. The van der Waals surface area contributed by atoms with Crippen LogP contribution in [0.5, 0.6) is 40.2 Å². The maximum absolute atomic E-state index is 12.9. The monoisotopic (exact) mass is 2390 g/mol. The zero-order chi connectivity index (χ0) is 105. The van der Waals surface area contributed by atoms with E-state index in [1.54, 1.807) is 72.8 Å². The molecule has 0 spiro atoms. The van der Waals surface area contributed by atoms with Gasteiger partial charge in [0.2, 0.25) is 0 Å². The van der Waals surface area contributed by atoms with Crippen molar-refractivity contribution in [2.75, 3.05) is 70.3 Å². The van der Waals surface area contributed by atoms with Gasteiger partial charge >= 0.3 is 12.4 Å². The second-order valence-electron chi connectivity index (χ2n) is 28.9. The van der Waals surface area contributed by atoms with Crippen LogP contribution >= 0.6 is 271 Å². The van der Waals surface area contributed by atoms with Crippen LogP contribution in [0, 0.1) is 0 Å². The van der Waals surface area contributed by atoms with Crippen molar-refractivity contribution in [2.24, 2.45) is 0 Å². The molecule has 50 heteroatoms. The van der Waals surface area contributed by atoms with Gasteiger partial charge in [0, 0.05) is 80.5 Å². The molecule has 142 heavy (non-hydrogen) atoms. The van der Waals surface area contributed by atoms with Crippen LogP contribution in [0.15, 0.2) is 212 Å². The van der Waals surface area contributed by atoms with E-state index in [9.17, 15) is 62.1 Å².